The molecule has 2 aromatic rings. The van der Waals surface area contributed by atoms with Gasteiger partial charge in [-0.3, -0.25) is 0 Å². The first-order valence-corrected chi connectivity index (χ1v) is 9.11. The third-order valence-electron chi connectivity index (χ3n) is 4.25. The Hall–Kier alpha value is -2.40. The van der Waals surface area contributed by atoms with Crippen molar-refractivity contribution in [1.82, 2.24) is 0 Å². The van der Waals surface area contributed by atoms with Crippen LogP contribution in [0.2, 0.25) is 5.02 Å². The Morgan fingerprint density at radius 2 is 1.73 bits per heavy atom. The van der Waals surface area contributed by atoms with Crippen LogP contribution in [0.3, 0.4) is 0 Å². The van der Waals surface area contributed by atoms with Crippen LogP contribution >= 0.6 is 11.6 Å². The second-order valence-electron chi connectivity index (χ2n) is 6.22. The minimum atomic E-state index is -0.334. The smallest absolute Gasteiger partial charge is 0.338 e. The predicted molar refractivity (Wildman–Crippen MR) is 101 cm³/mol. The molecule has 1 saturated carbocycles. The highest BCUT2D eigenvalue weighted by atomic mass is 35.5. The molecule has 0 amide bonds. The van der Waals surface area contributed by atoms with E-state index in [2.05, 4.69) is 0 Å². The van der Waals surface area contributed by atoms with Crippen molar-refractivity contribution in [2.45, 2.75) is 31.8 Å². The second-order valence-corrected chi connectivity index (χ2v) is 6.65. The van der Waals surface area contributed by atoms with Gasteiger partial charge >= 0.3 is 5.97 Å². The van der Waals surface area contributed by atoms with E-state index in [1.807, 2.05) is 0 Å². The zero-order valence-corrected chi connectivity index (χ0v) is 15.2. The summed E-state index contributed by atoms with van der Waals surface area (Å²) < 4.78 is 16.7. The fraction of sp³-hybridized carbons (Fsp3) is 0.350. The van der Waals surface area contributed by atoms with Gasteiger partial charge in [0.1, 0.15) is 30.8 Å². The summed E-state index contributed by atoms with van der Waals surface area (Å²) in [4.78, 5) is 12.3. The van der Waals surface area contributed by atoms with Gasteiger partial charge in [-0.25, -0.2) is 4.79 Å². The molecule has 0 unspecified atom stereocenters. The molecule has 6 heteroatoms. The molecule has 2 aromatic carbocycles. The van der Waals surface area contributed by atoms with Gasteiger partial charge < -0.3 is 19.9 Å². The van der Waals surface area contributed by atoms with E-state index in [1.165, 1.54) is 0 Å². The number of carbonyl (C=O) groups is 1. The lowest BCUT2D eigenvalue weighted by Crippen LogP contribution is -2.15. The van der Waals surface area contributed by atoms with E-state index in [0.717, 1.165) is 25.7 Å². The van der Waals surface area contributed by atoms with Crippen molar-refractivity contribution in [3.05, 3.63) is 53.1 Å². The van der Waals surface area contributed by atoms with Gasteiger partial charge in [0.05, 0.1) is 11.3 Å². The molecule has 0 bridgehead atoms. The monoisotopic (exact) mass is 375 g/mol. The Morgan fingerprint density at radius 3 is 2.46 bits per heavy atom. The number of nitrogens with two attached hydrogens (primary N) is 1. The molecular weight excluding hydrogens is 354 g/mol. The summed E-state index contributed by atoms with van der Waals surface area (Å²) in [7, 11) is 0. The minimum Gasteiger partial charge on any atom is -0.490 e. The summed E-state index contributed by atoms with van der Waals surface area (Å²) >= 11 is 5.83. The Kier molecular flexibility index (Phi) is 6.23. The van der Waals surface area contributed by atoms with E-state index in [-0.39, 0.29) is 12.1 Å². The number of hydrogen-bond acceptors (Lipinski definition) is 5. The van der Waals surface area contributed by atoms with Crippen LogP contribution in [0.1, 0.15) is 36.0 Å². The fourth-order valence-electron chi connectivity index (χ4n) is 2.85. The van der Waals surface area contributed by atoms with E-state index in [0.29, 0.717) is 41.0 Å². The van der Waals surface area contributed by atoms with Crippen LogP contribution in [0.25, 0.3) is 0 Å². The number of anilines is 1. The standard InChI is InChI=1S/C20H22ClNO4/c21-15-6-8-16(9-7-15)24-11-12-25-19-13-14(5-10-18(19)22)20(23)26-17-3-1-2-4-17/h5-10,13,17H,1-4,11-12,22H2. The average Bonchev–Trinajstić information content (AvgIpc) is 3.14. The lowest BCUT2D eigenvalue weighted by atomic mass is 10.2. The van der Waals surface area contributed by atoms with Crippen molar-refractivity contribution in [2.24, 2.45) is 0 Å². The highest BCUT2D eigenvalue weighted by molar-refractivity contribution is 6.30. The van der Waals surface area contributed by atoms with E-state index in [9.17, 15) is 4.79 Å². The van der Waals surface area contributed by atoms with Crippen molar-refractivity contribution in [3.63, 3.8) is 0 Å². The van der Waals surface area contributed by atoms with Gasteiger partial charge in [0.2, 0.25) is 0 Å². The summed E-state index contributed by atoms with van der Waals surface area (Å²) in [5.41, 5.74) is 6.84. The second kappa shape index (κ2) is 8.81. The topological polar surface area (TPSA) is 70.8 Å². The van der Waals surface area contributed by atoms with Gasteiger partial charge in [-0.15, -0.1) is 0 Å². The largest absolute Gasteiger partial charge is 0.490 e. The molecular formula is C20H22ClNO4. The number of halogens is 1. The Morgan fingerprint density at radius 1 is 1.04 bits per heavy atom. The Bertz CT molecular complexity index is 742. The van der Waals surface area contributed by atoms with Crippen LogP contribution in [0.4, 0.5) is 5.69 Å². The van der Waals surface area contributed by atoms with Gasteiger partial charge in [-0.2, -0.15) is 0 Å². The molecule has 26 heavy (non-hydrogen) atoms. The van der Waals surface area contributed by atoms with Crippen LogP contribution in [0, 0.1) is 0 Å². The number of hydrogen-bond donors (Lipinski definition) is 1. The number of benzene rings is 2. The average molecular weight is 376 g/mol. The summed E-state index contributed by atoms with van der Waals surface area (Å²) in [6.07, 6.45) is 4.12. The number of rotatable bonds is 7. The normalized spacial score (nSPS) is 14.2. The van der Waals surface area contributed by atoms with E-state index >= 15 is 0 Å². The van der Waals surface area contributed by atoms with Crippen LogP contribution in [-0.2, 0) is 4.74 Å². The van der Waals surface area contributed by atoms with Crippen LogP contribution < -0.4 is 15.2 Å². The SMILES string of the molecule is Nc1ccc(C(=O)OC2CCCC2)cc1OCCOc1ccc(Cl)cc1. The first-order chi connectivity index (χ1) is 12.6. The first-order valence-electron chi connectivity index (χ1n) is 8.73. The lowest BCUT2D eigenvalue weighted by molar-refractivity contribution is 0.0317. The minimum absolute atomic E-state index is 0.0252. The Balaban J connectivity index is 1.52. The maximum absolute atomic E-state index is 12.3. The van der Waals surface area contributed by atoms with Crippen LogP contribution in [0.15, 0.2) is 42.5 Å². The summed E-state index contributed by atoms with van der Waals surface area (Å²) in [6, 6.07) is 12.0. The third-order valence-corrected chi connectivity index (χ3v) is 4.50. The molecule has 0 aliphatic heterocycles. The zero-order chi connectivity index (χ0) is 18.4. The van der Waals surface area contributed by atoms with Crippen molar-refractivity contribution in [3.8, 4) is 11.5 Å². The molecule has 138 valence electrons. The third kappa shape index (κ3) is 5.05. The predicted octanol–water partition coefficient (Wildman–Crippen LogP) is 4.48. The molecule has 3 rings (SSSR count). The number of nitrogen functional groups attached to an aromatic ring is 1. The molecule has 0 heterocycles. The molecule has 1 fully saturated rings. The van der Waals surface area contributed by atoms with Gasteiger partial charge in [0.25, 0.3) is 0 Å². The molecule has 0 aromatic heterocycles. The fourth-order valence-corrected chi connectivity index (χ4v) is 2.98. The molecule has 2 N–H and O–H groups in total. The highest BCUT2D eigenvalue weighted by Crippen LogP contribution is 2.26. The number of esters is 1. The lowest BCUT2D eigenvalue weighted by Gasteiger charge is -2.14. The molecule has 0 atom stereocenters. The summed E-state index contributed by atoms with van der Waals surface area (Å²) in [5.74, 6) is 0.824. The van der Waals surface area contributed by atoms with Crippen molar-refractivity contribution in [1.29, 1.82) is 0 Å². The first kappa shape index (κ1) is 18.4. The number of ether oxygens (including phenoxy) is 3. The van der Waals surface area contributed by atoms with Crippen LogP contribution in [0.5, 0.6) is 11.5 Å². The zero-order valence-electron chi connectivity index (χ0n) is 14.4. The highest BCUT2D eigenvalue weighted by Gasteiger charge is 2.20. The van der Waals surface area contributed by atoms with Crippen molar-refractivity contribution >= 4 is 23.3 Å². The number of carbonyl (C=O) groups excluding carboxylic acids is 1. The molecule has 1 aliphatic carbocycles. The van der Waals surface area contributed by atoms with Gasteiger partial charge in [0, 0.05) is 5.02 Å². The van der Waals surface area contributed by atoms with Gasteiger partial charge in [-0.05, 0) is 68.1 Å². The molecule has 5 nitrogen and oxygen atoms in total. The van der Waals surface area contributed by atoms with E-state index in [4.69, 9.17) is 31.5 Å². The summed E-state index contributed by atoms with van der Waals surface area (Å²) in [5, 5.41) is 0.655. The Labute approximate surface area is 158 Å². The maximum Gasteiger partial charge on any atom is 0.338 e. The molecule has 0 radical (unpaired) electrons. The van der Waals surface area contributed by atoms with Crippen molar-refractivity contribution in [2.75, 3.05) is 18.9 Å². The quantitative estimate of drug-likeness (QED) is 0.439. The molecule has 0 spiro atoms. The molecule has 0 saturated heterocycles. The maximum atomic E-state index is 12.3. The van der Waals surface area contributed by atoms with E-state index < -0.39 is 0 Å². The summed E-state index contributed by atoms with van der Waals surface area (Å²) in [6.45, 7) is 0.645. The van der Waals surface area contributed by atoms with Crippen LogP contribution in [-0.4, -0.2) is 25.3 Å². The van der Waals surface area contributed by atoms with Gasteiger partial charge in [-0.1, -0.05) is 11.6 Å². The van der Waals surface area contributed by atoms with Crippen molar-refractivity contribution < 1.29 is 19.0 Å². The van der Waals surface area contributed by atoms with E-state index in [1.54, 1.807) is 42.5 Å². The van der Waals surface area contributed by atoms with Gasteiger partial charge in [0.15, 0.2) is 0 Å². The molecule has 1 aliphatic rings.